The second-order valence-electron chi connectivity index (χ2n) is 5.19. The van der Waals surface area contributed by atoms with Crippen LogP contribution in [0.2, 0.25) is 0 Å². The van der Waals surface area contributed by atoms with E-state index in [1.165, 1.54) is 0 Å². The lowest BCUT2D eigenvalue weighted by Crippen LogP contribution is -2.21. The highest BCUT2D eigenvalue weighted by molar-refractivity contribution is 5.83. The van der Waals surface area contributed by atoms with E-state index in [1.807, 2.05) is 24.3 Å². The number of rotatable bonds is 6. The van der Waals surface area contributed by atoms with E-state index in [9.17, 15) is 13.2 Å². The molecular formula is C15H19F3N2O. The number of ether oxygens (including phenoxy) is 1. The fourth-order valence-electron chi connectivity index (χ4n) is 2.21. The summed E-state index contributed by atoms with van der Waals surface area (Å²) in [6.45, 7) is 4.66. The molecule has 0 bridgehead atoms. The van der Waals surface area contributed by atoms with Gasteiger partial charge in [-0.05, 0) is 17.7 Å². The van der Waals surface area contributed by atoms with Gasteiger partial charge < -0.3 is 9.88 Å². The van der Waals surface area contributed by atoms with Gasteiger partial charge >= 0.3 is 6.36 Å². The lowest BCUT2D eigenvalue weighted by atomic mass is 10.1. The number of halogens is 3. The number of hydrogen-bond acceptors (Lipinski definition) is 2. The Morgan fingerprint density at radius 2 is 2.00 bits per heavy atom. The maximum absolute atomic E-state index is 12.0. The zero-order valence-electron chi connectivity index (χ0n) is 12.1. The van der Waals surface area contributed by atoms with E-state index < -0.39 is 6.36 Å². The summed E-state index contributed by atoms with van der Waals surface area (Å²) in [6.07, 6.45) is -2.78. The van der Waals surface area contributed by atoms with Gasteiger partial charge in [-0.1, -0.05) is 26.0 Å². The molecule has 0 saturated heterocycles. The third-order valence-corrected chi connectivity index (χ3v) is 3.20. The van der Waals surface area contributed by atoms with Crippen LogP contribution >= 0.6 is 0 Å². The van der Waals surface area contributed by atoms with Gasteiger partial charge in [0.05, 0.1) is 6.61 Å². The highest BCUT2D eigenvalue weighted by Crippen LogP contribution is 2.21. The highest BCUT2D eigenvalue weighted by Gasteiger charge is 2.28. The van der Waals surface area contributed by atoms with Crippen molar-refractivity contribution >= 4 is 10.9 Å². The summed E-state index contributed by atoms with van der Waals surface area (Å²) in [5.41, 5.74) is 2.06. The Bertz CT molecular complexity index is 590. The van der Waals surface area contributed by atoms with Gasteiger partial charge in [0.2, 0.25) is 0 Å². The van der Waals surface area contributed by atoms with Crippen molar-refractivity contribution in [2.75, 3.05) is 6.61 Å². The lowest BCUT2D eigenvalue weighted by Gasteiger charge is -2.11. The number of aromatic nitrogens is 1. The van der Waals surface area contributed by atoms with Crippen molar-refractivity contribution in [3.8, 4) is 0 Å². The standard InChI is InChI=1S/C15H19F3N2O/c1-11(2)19-10-12-4-3-5-14-13(12)6-7-20(14)8-9-21-15(16,17)18/h3-7,11,19H,8-10H2,1-2H3. The van der Waals surface area contributed by atoms with Crippen LogP contribution in [-0.4, -0.2) is 23.6 Å². The first-order valence-corrected chi connectivity index (χ1v) is 6.87. The minimum atomic E-state index is -4.57. The molecule has 2 aromatic rings. The first-order valence-electron chi connectivity index (χ1n) is 6.87. The number of nitrogens with one attached hydrogen (secondary N) is 1. The van der Waals surface area contributed by atoms with E-state index in [0.717, 1.165) is 23.0 Å². The number of fused-ring (bicyclic) bond motifs is 1. The predicted octanol–water partition coefficient (Wildman–Crippen LogP) is 3.68. The van der Waals surface area contributed by atoms with E-state index in [0.29, 0.717) is 6.04 Å². The van der Waals surface area contributed by atoms with Crippen LogP contribution < -0.4 is 5.32 Å². The molecule has 1 N–H and O–H groups in total. The average Bonchev–Trinajstić information content (AvgIpc) is 2.79. The first-order chi connectivity index (χ1) is 9.87. The quantitative estimate of drug-likeness (QED) is 0.881. The topological polar surface area (TPSA) is 26.2 Å². The summed E-state index contributed by atoms with van der Waals surface area (Å²) in [6, 6.07) is 8.15. The molecule has 0 spiro atoms. The van der Waals surface area contributed by atoms with E-state index in [2.05, 4.69) is 23.9 Å². The molecule has 1 aromatic heterocycles. The fourth-order valence-corrected chi connectivity index (χ4v) is 2.21. The van der Waals surface area contributed by atoms with Gasteiger partial charge in [-0.15, -0.1) is 13.2 Å². The zero-order valence-corrected chi connectivity index (χ0v) is 12.1. The molecule has 0 aliphatic carbocycles. The van der Waals surface area contributed by atoms with Crippen LogP contribution in [0, 0.1) is 0 Å². The van der Waals surface area contributed by atoms with Crippen molar-refractivity contribution in [2.24, 2.45) is 0 Å². The third-order valence-electron chi connectivity index (χ3n) is 3.20. The van der Waals surface area contributed by atoms with E-state index in [-0.39, 0.29) is 13.2 Å². The molecule has 3 nitrogen and oxygen atoms in total. The van der Waals surface area contributed by atoms with Crippen molar-refractivity contribution in [1.82, 2.24) is 9.88 Å². The predicted molar refractivity (Wildman–Crippen MR) is 75.9 cm³/mol. The first kappa shape index (κ1) is 15.9. The molecule has 0 saturated carbocycles. The number of hydrogen-bond donors (Lipinski definition) is 1. The second kappa shape index (κ2) is 6.49. The Morgan fingerprint density at radius 3 is 2.67 bits per heavy atom. The summed E-state index contributed by atoms with van der Waals surface area (Å²) in [4.78, 5) is 0. The molecule has 0 fully saturated rings. The molecule has 2 rings (SSSR count). The monoisotopic (exact) mass is 300 g/mol. The van der Waals surface area contributed by atoms with Gasteiger partial charge in [-0.2, -0.15) is 0 Å². The molecule has 1 heterocycles. The van der Waals surface area contributed by atoms with Gasteiger partial charge in [0.25, 0.3) is 0 Å². The number of alkyl halides is 3. The fraction of sp³-hybridized carbons (Fsp3) is 0.467. The average molecular weight is 300 g/mol. The maximum atomic E-state index is 12.0. The van der Waals surface area contributed by atoms with Crippen LogP contribution in [0.25, 0.3) is 10.9 Å². The van der Waals surface area contributed by atoms with E-state index >= 15 is 0 Å². The van der Waals surface area contributed by atoms with Crippen LogP contribution in [0.1, 0.15) is 19.4 Å². The highest BCUT2D eigenvalue weighted by atomic mass is 19.4. The van der Waals surface area contributed by atoms with Crippen LogP contribution in [0.4, 0.5) is 13.2 Å². The second-order valence-corrected chi connectivity index (χ2v) is 5.19. The molecule has 0 atom stereocenters. The van der Waals surface area contributed by atoms with Crippen LogP contribution in [0.15, 0.2) is 30.5 Å². The normalized spacial score (nSPS) is 12.5. The van der Waals surface area contributed by atoms with Gasteiger partial charge in [0.15, 0.2) is 0 Å². The summed E-state index contributed by atoms with van der Waals surface area (Å²) in [7, 11) is 0. The van der Waals surface area contributed by atoms with Crippen molar-refractivity contribution < 1.29 is 17.9 Å². The number of nitrogens with zero attached hydrogens (tertiary/aromatic N) is 1. The summed E-state index contributed by atoms with van der Waals surface area (Å²) in [5, 5.41) is 4.40. The SMILES string of the molecule is CC(C)NCc1cccc2c1ccn2CCOC(F)(F)F. The summed E-state index contributed by atoms with van der Waals surface area (Å²) >= 11 is 0. The smallest absolute Gasteiger partial charge is 0.345 e. The van der Waals surface area contributed by atoms with E-state index in [1.54, 1.807) is 10.8 Å². The van der Waals surface area contributed by atoms with Crippen molar-refractivity contribution in [2.45, 2.75) is 39.3 Å². The van der Waals surface area contributed by atoms with Gasteiger partial charge in [-0.3, -0.25) is 4.74 Å². The molecule has 21 heavy (non-hydrogen) atoms. The van der Waals surface area contributed by atoms with Crippen molar-refractivity contribution in [1.29, 1.82) is 0 Å². The molecule has 0 unspecified atom stereocenters. The van der Waals surface area contributed by atoms with Crippen LogP contribution in [0.5, 0.6) is 0 Å². The Labute approximate surface area is 121 Å². The van der Waals surface area contributed by atoms with Crippen molar-refractivity contribution in [3.05, 3.63) is 36.0 Å². The maximum Gasteiger partial charge on any atom is 0.522 e. The van der Waals surface area contributed by atoms with Gasteiger partial charge in [-0.25, -0.2) is 0 Å². The Morgan fingerprint density at radius 1 is 1.24 bits per heavy atom. The molecule has 0 radical (unpaired) electrons. The number of benzene rings is 1. The molecule has 116 valence electrons. The molecular weight excluding hydrogens is 281 g/mol. The third kappa shape index (κ3) is 4.47. The molecule has 0 aliphatic heterocycles. The summed E-state index contributed by atoms with van der Waals surface area (Å²) < 4.78 is 41.6. The Kier molecular flexibility index (Phi) is 4.90. The largest absolute Gasteiger partial charge is 0.522 e. The summed E-state index contributed by atoms with van der Waals surface area (Å²) in [5.74, 6) is 0. The van der Waals surface area contributed by atoms with Crippen LogP contribution in [-0.2, 0) is 17.8 Å². The molecule has 1 aromatic carbocycles. The molecule has 0 aliphatic rings. The Balaban J connectivity index is 2.11. The van der Waals surface area contributed by atoms with Crippen molar-refractivity contribution in [3.63, 3.8) is 0 Å². The molecule has 6 heteroatoms. The zero-order chi connectivity index (χ0) is 15.5. The van der Waals surface area contributed by atoms with E-state index in [4.69, 9.17) is 0 Å². The Hall–Kier alpha value is -1.53. The lowest BCUT2D eigenvalue weighted by molar-refractivity contribution is -0.325. The minimum absolute atomic E-state index is 0.171. The van der Waals surface area contributed by atoms with Gasteiger partial charge in [0, 0.05) is 36.2 Å². The minimum Gasteiger partial charge on any atom is -0.345 e. The molecule has 0 amide bonds. The van der Waals surface area contributed by atoms with Crippen LogP contribution in [0.3, 0.4) is 0 Å². The van der Waals surface area contributed by atoms with Gasteiger partial charge in [0.1, 0.15) is 0 Å².